The second-order valence-corrected chi connectivity index (χ2v) is 9.75. The Morgan fingerprint density at radius 2 is 1.03 bits per heavy atom. The fourth-order valence-electron chi connectivity index (χ4n) is 4.25. The van der Waals surface area contributed by atoms with Crippen LogP contribution in [0.25, 0.3) is 0 Å². The van der Waals surface area contributed by atoms with E-state index in [4.69, 9.17) is 9.98 Å². The van der Waals surface area contributed by atoms with Gasteiger partial charge in [-0.3, -0.25) is 9.98 Å². The maximum atomic E-state index is 5.26. The summed E-state index contributed by atoms with van der Waals surface area (Å²) in [7, 11) is 0. The van der Waals surface area contributed by atoms with Gasteiger partial charge in [-0.2, -0.15) is 0 Å². The molecule has 2 nitrogen and oxygen atoms in total. The van der Waals surface area contributed by atoms with Crippen LogP contribution in [-0.2, 0) is 12.8 Å². The zero-order valence-corrected chi connectivity index (χ0v) is 24.4. The molecule has 0 heterocycles. The molecule has 0 spiro atoms. The molecule has 0 amide bonds. The Balaban J connectivity index is 2.28. The SMILES string of the molecule is CCCC#CCCCc1ccccc1/N=C(CC)/C(CCCC)=N/c1ccccc1CCCC#CCCC. The van der Waals surface area contributed by atoms with Gasteiger partial charge in [-0.15, -0.1) is 23.7 Å². The molecule has 0 aliphatic rings. The molecular weight excluding hydrogens is 460 g/mol. The molecule has 38 heavy (non-hydrogen) atoms. The molecule has 0 saturated heterocycles. The maximum absolute atomic E-state index is 5.26. The van der Waals surface area contributed by atoms with Crippen LogP contribution in [0.15, 0.2) is 58.5 Å². The van der Waals surface area contributed by atoms with Gasteiger partial charge in [0.25, 0.3) is 0 Å². The second-order valence-electron chi connectivity index (χ2n) is 9.75. The number of aryl methyl sites for hydroxylation is 2. The van der Waals surface area contributed by atoms with Gasteiger partial charge in [0, 0.05) is 25.7 Å². The summed E-state index contributed by atoms with van der Waals surface area (Å²) in [5, 5.41) is 0. The second kappa shape index (κ2) is 19.9. The third-order valence-corrected chi connectivity index (χ3v) is 6.42. The average Bonchev–Trinajstić information content (AvgIpc) is 2.95. The van der Waals surface area contributed by atoms with Gasteiger partial charge in [0.2, 0.25) is 0 Å². The predicted molar refractivity (Wildman–Crippen MR) is 168 cm³/mol. The van der Waals surface area contributed by atoms with E-state index in [0.29, 0.717) is 0 Å². The third-order valence-electron chi connectivity index (χ3n) is 6.42. The number of rotatable bonds is 15. The first kappa shape index (κ1) is 31.1. The Bertz CT molecular complexity index is 1130. The van der Waals surface area contributed by atoms with Gasteiger partial charge >= 0.3 is 0 Å². The minimum absolute atomic E-state index is 0.870. The Labute approximate surface area is 233 Å². The van der Waals surface area contributed by atoms with Crippen molar-refractivity contribution in [3.63, 3.8) is 0 Å². The maximum Gasteiger partial charge on any atom is 0.0665 e. The van der Waals surface area contributed by atoms with Crippen molar-refractivity contribution in [2.24, 2.45) is 9.98 Å². The van der Waals surface area contributed by atoms with Crippen molar-refractivity contribution in [3.05, 3.63) is 59.7 Å². The highest BCUT2D eigenvalue weighted by atomic mass is 14.8. The average molecular weight is 509 g/mol. The van der Waals surface area contributed by atoms with Crippen LogP contribution >= 0.6 is 0 Å². The van der Waals surface area contributed by atoms with Crippen molar-refractivity contribution in [1.82, 2.24) is 0 Å². The van der Waals surface area contributed by atoms with Crippen molar-refractivity contribution in [1.29, 1.82) is 0 Å². The molecular formula is C36H48N2. The monoisotopic (exact) mass is 508 g/mol. The molecule has 2 aromatic carbocycles. The minimum atomic E-state index is 0.870. The fraction of sp³-hybridized carbons (Fsp3) is 0.500. The quantitative estimate of drug-likeness (QED) is 0.130. The number of para-hydroxylation sites is 2. The van der Waals surface area contributed by atoms with Crippen molar-refractivity contribution in [2.45, 2.75) is 118 Å². The first-order valence-electron chi connectivity index (χ1n) is 15.0. The van der Waals surface area contributed by atoms with Crippen LogP contribution in [0.2, 0.25) is 0 Å². The lowest BCUT2D eigenvalue weighted by molar-refractivity contribution is 0.836. The Hall–Kier alpha value is -3.10. The van der Waals surface area contributed by atoms with Crippen LogP contribution in [0, 0.1) is 23.7 Å². The highest BCUT2D eigenvalue weighted by Crippen LogP contribution is 2.25. The molecule has 0 bridgehead atoms. The molecule has 0 fully saturated rings. The zero-order valence-electron chi connectivity index (χ0n) is 24.4. The molecule has 2 heteroatoms. The number of hydrogen-bond donors (Lipinski definition) is 0. The van der Waals surface area contributed by atoms with Gasteiger partial charge in [-0.1, -0.05) is 70.5 Å². The first-order chi connectivity index (χ1) is 18.7. The molecule has 0 N–H and O–H groups in total. The summed E-state index contributed by atoms with van der Waals surface area (Å²) < 4.78 is 0. The molecule has 0 aliphatic carbocycles. The summed E-state index contributed by atoms with van der Waals surface area (Å²) in [6.07, 6.45) is 14.4. The van der Waals surface area contributed by atoms with E-state index in [1.807, 2.05) is 0 Å². The molecule has 0 saturated carbocycles. The summed E-state index contributed by atoms with van der Waals surface area (Å²) in [6.45, 7) is 8.80. The van der Waals surface area contributed by atoms with Crippen LogP contribution in [0.5, 0.6) is 0 Å². The van der Waals surface area contributed by atoms with E-state index in [0.717, 1.165) is 113 Å². The highest BCUT2D eigenvalue weighted by Gasteiger charge is 2.11. The number of nitrogens with zero attached hydrogens (tertiary/aromatic N) is 2. The van der Waals surface area contributed by atoms with E-state index in [-0.39, 0.29) is 0 Å². The molecule has 0 radical (unpaired) electrons. The van der Waals surface area contributed by atoms with Gasteiger partial charge in [-0.05, 0) is 81.0 Å². The third kappa shape index (κ3) is 12.0. The van der Waals surface area contributed by atoms with Crippen molar-refractivity contribution in [2.75, 3.05) is 0 Å². The Morgan fingerprint density at radius 3 is 1.50 bits per heavy atom. The zero-order chi connectivity index (χ0) is 27.3. The van der Waals surface area contributed by atoms with Gasteiger partial charge in [0.1, 0.15) is 0 Å². The van der Waals surface area contributed by atoms with Crippen LogP contribution in [-0.4, -0.2) is 11.4 Å². The molecule has 2 aromatic rings. The Kier molecular flexibility index (Phi) is 16.3. The van der Waals surface area contributed by atoms with E-state index in [2.05, 4.69) is 99.9 Å². The van der Waals surface area contributed by atoms with E-state index in [1.165, 1.54) is 11.1 Å². The number of unbranched alkanes of at least 4 members (excludes halogenated alkanes) is 5. The summed E-state index contributed by atoms with van der Waals surface area (Å²) in [6, 6.07) is 17.2. The molecule has 0 atom stereocenters. The van der Waals surface area contributed by atoms with Crippen LogP contribution in [0.1, 0.15) is 116 Å². The molecule has 0 aliphatic heterocycles. The van der Waals surface area contributed by atoms with Gasteiger partial charge in [0.05, 0.1) is 22.8 Å². The number of aliphatic imine (C=N–C) groups is 2. The van der Waals surface area contributed by atoms with Gasteiger partial charge in [0.15, 0.2) is 0 Å². The normalized spacial score (nSPS) is 11.5. The van der Waals surface area contributed by atoms with Crippen LogP contribution in [0.3, 0.4) is 0 Å². The van der Waals surface area contributed by atoms with E-state index in [1.54, 1.807) is 0 Å². The molecule has 202 valence electrons. The number of benzene rings is 2. The molecule has 0 aromatic heterocycles. The van der Waals surface area contributed by atoms with Crippen LogP contribution in [0.4, 0.5) is 11.4 Å². The largest absolute Gasteiger partial charge is 0.251 e. The lowest BCUT2D eigenvalue weighted by Gasteiger charge is -2.12. The molecule has 0 unspecified atom stereocenters. The van der Waals surface area contributed by atoms with Crippen LogP contribution < -0.4 is 0 Å². The van der Waals surface area contributed by atoms with Gasteiger partial charge in [-0.25, -0.2) is 0 Å². The first-order valence-corrected chi connectivity index (χ1v) is 15.0. The van der Waals surface area contributed by atoms with Crippen molar-refractivity contribution >= 4 is 22.8 Å². The topological polar surface area (TPSA) is 24.7 Å². The lowest BCUT2D eigenvalue weighted by atomic mass is 10.0. The van der Waals surface area contributed by atoms with Gasteiger partial charge < -0.3 is 0 Å². The Morgan fingerprint density at radius 1 is 0.553 bits per heavy atom. The highest BCUT2D eigenvalue weighted by molar-refractivity contribution is 6.43. The van der Waals surface area contributed by atoms with E-state index >= 15 is 0 Å². The van der Waals surface area contributed by atoms with Crippen molar-refractivity contribution in [3.8, 4) is 23.7 Å². The summed E-state index contributed by atoms with van der Waals surface area (Å²) >= 11 is 0. The smallest absolute Gasteiger partial charge is 0.0665 e. The standard InChI is InChI=1S/C36H48N2/c1-5-9-12-14-16-18-24-31-26-20-22-29-34(31)37-33(8-4)36(28-11-7-3)38-35-30-23-21-27-32(35)25-19-17-15-13-10-6-2/h20-23,26-27,29-30H,5-11,16-19,24-25,28H2,1-4H3/b37-33+,38-36+. The van der Waals surface area contributed by atoms with Crippen molar-refractivity contribution < 1.29 is 0 Å². The number of hydrogen-bond acceptors (Lipinski definition) is 2. The fourth-order valence-corrected chi connectivity index (χ4v) is 4.25. The molecule has 2 rings (SSSR count). The summed E-state index contributed by atoms with van der Waals surface area (Å²) in [5.41, 5.74) is 7.00. The van der Waals surface area contributed by atoms with E-state index in [9.17, 15) is 0 Å². The minimum Gasteiger partial charge on any atom is -0.251 e. The lowest BCUT2D eigenvalue weighted by Crippen LogP contribution is -2.13. The summed E-state index contributed by atoms with van der Waals surface area (Å²) in [5.74, 6) is 13.2. The van der Waals surface area contributed by atoms with E-state index < -0.39 is 0 Å². The summed E-state index contributed by atoms with van der Waals surface area (Å²) in [4.78, 5) is 10.5. The predicted octanol–water partition coefficient (Wildman–Crippen LogP) is 10.4.